The molecule has 4 aliphatic rings. The summed E-state index contributed by atoms with van der Waals surface area (Å²) in [5.74, 6) is 1.10. The number of hydroxylamine groups is 2. The van der Waals surface area contributed by atoms with Gasteiger partial charge in [-0.25, -0.2) is 0 Å². The SMILES string of the molecule is C#Cc1ccc(C2(O)CC(C)(C)N(OC[C@H]3O[C@H]4OC(C)(C)O[C@@H]4[C@H]4OC(C)(C)O[C@H]43)C(C)(C)C2)cc1. The number of hydrogen-bond donors (Lipinski definition) is 1. The Morgan fingerprint density at radius 3 is 2.00 bits per heavy atom. The molecule has 5 atom stereocenters. The van der Waals surface area contributed by atoms with E-state index in [0.717, 1.165) is 11.1 Å². The molecule has 8 nitrogen and oxygen atoms in total. The highest BCUT2D eigenvalue weighted by atomic mass is 16.9. The monoisotopic (exact) mass is 515 g/mol. The molecule has 8 heteroatoms. The van der Waals surface area contributed by atoms with Crippen molar-refractivity contribution in [2.75, 3.05) is 6.61 Å². The predicted molar refractivity (Wildman–Crippen MR) is 136 cm³/mol. The molecule has 0 amide bonds. The van der Waals surface area contributed by atoms with Crippen LogP contribution in [0.1, 0.15) is 79.4 Å². The van der Waals surface area contributed by atoms with E-state index in [1.54, 1.807) is 0 Å². The molecule has 4 aliphatic heterocycles. The Hall–Kier alpha value is -1.54. The molecule has 4 saturated heterocycles. The molecule has 0 aliphatic carbocycles. The molecule has 0 aromatic heterocycles. The summed E-state index contributed by atoms with van der Waals surface area (Å²) in [4.78, 5) is 6.53. The first kappa shape index (κ1) is 27.0. The molecule has 204 valence electrons. The summed E-state index contributed by atoms with van der Waals surface area (Å²) in [6, 6.07) is 7.60. The fraction of sp³-hybridized carbons (Fsp3) is 0.724. The molecule has 5 rings (SSSR count). The maximum Gasteiger partial charge on any atom is 0.190 e. The van der Waals surface area contributed by atoms with Gasteiger partial charge in [-0.05, 0) is 73.1 Å². The van der Waals surface area contributed by atoms with Gasteiger partial charge in [0.05, 0.1) is 12.2 Å². The smallest absolute Gasteiger partial charge is 0.190 e. The Morgan fingerprint density at radius 2 is 1.41 bits per heavy atom. The maximum absolute atomic E-state index is 11.8. The Morgan fingerprint density at radius 1 is 0.865 bits per heavy atom. The standard InChI is InChI=1S/C29H41NO7/c1-10-18-11-13-19(14-12-18)29(31)16-25(2,3)30(26(4,5)17-29)32-15-20-21-22(35-27(6,7)34-21)23-24(33-20)37-28(8,9)36-23/h1,11-14,20-24,31H,15-17H2,2-9H3/t20-,21+,22+,23-,24+/m1/s1. The van der Waals surface area contributed by atoms with Gasteiger partial charge in [0, 0.05) is 29.5 Å². The van der Waals surface area contributed by atoms with Crippen LogP contribution in [0.3, 0.4) is 0 Å². The predicted octanol–water partition coefficient (Wildman–Crippen LogP) is 3.84. The number of hydrogen-bond acceptors (Lipinski definition) is 8. The van der Waals surface area contributed by atoms with Crippen LogP contribution in [-0.2, 0) is 34.1 Å². The van der Waals surface area contributed by atoms with Crippen LogP contribution in [0, 0.1) is 12.3 Å². The molecular formula is C29H41NO7. The van der Waals surface area contributed by atoms with Gasteiger partial charge < -0.3 is 28.8 Å². The Labute approximate surface area is 220 Å². The van der Waals surface area contributed by atoms with Crippen LogP contribution in [0.25, 0.3) is 0 Å². The molecule has 4 fully saturated rings. The van der Waals surface area contributed by atoms with Gasteiger partial charge >= 0.3 is 0 Å². The van der Waals surface area contributed by atoms with Crippen molar-refractivity contribution in [3.05, 3.63) is 35.4 Å². The van der Waals surface area contributed by atoms with Crippen LogP contribution in [0.15, 0.2) is 24.3 Å². The van der Waals surface area contributed by atoms with Crippen molar-refractivity contribution in [2.45, 2.75) is 127 Å². The van der Waals surface area contributed by atoms with Crippen molar-refractivity contribution in [1.82, 2.24) is 5.06 Å². The van der Waals surface area contributed by atoms with E-state index in [-0.39, 0.29) is 24.9 Å². The second-order valence-corrected chi connectivity index (χ2v) is 13.0. The number of terminal acetylenes is 1. The fourth-order valence-electron chi connectivity index (χ4n) is 6.86. The van der Waals surface area contributed by atoms with E-state index < -0.39 is 40.6 Å². The van der Waals surface area contributed by atoms with E-state index in [0.29, 0.717) is 12.8 Å². The molecule has 0 radical (unpaired) electrons. The zero-order chi connectivity index (χ0) is 27.0. The summed E-state index contributed by atoms with van der Waals surface area (Å²) in [6.45, 7) is 16.1. The van der Waals surface area contributed by atoms with Gasteiger partial charge in [-0.15, -0.1) is 6.42 Å². The molecule has 1 N–H and O–H groups in total. The quantitative estimate of drug-likeness (QED) is 0.606. The largest absolute Gasteiger partial charge is 0.385 e. The van der Waals surface area contributed by atoms with Gasteiger partial charge in [0.25, 0.3) is 0 Å². The topological polar surface area (TPSA) is 78.9 Å². The number of piperidine rings is 1. The van der Waals surface area contributed by atoms with Gasteiger partial charge in [-0.2, -0.15) is 5.06 Å². The first-order valence-corrected chi connectivity index (χ1v) is 13.1. The molecule has 0 spiro atoms. The third kappa shape index (κ3) is 4.97. The van der Waals surface area contributed by atoms with E-state index in [1.165, 1.54) is 0 Å². The molecule has 0 bridgehead atoms. The second kappa shape index (κ2) is 8.73. The number of benzene rings is 1. The van der Waals surface area contributed by atoms with Crippen molar-refractivity contribution in [1.29, 1.82) is 0 Å². The van der Waals surface area contributed by atoms with Crippen molar-refractivity contribution in [3.63, 3.8) is 0 Å². The van der Waals surface area contributed by atoms with Crippen molar-refractivity contribution in [3.8, 4) is 12.3 Å². The average Bonchev–Trinajstić information content (AvgIpc) is 3.25. The molecule has 1 aromatic rings. The van der Waals surface area contributed by atoms with E-state index >= 15 is 0 Å². The Kier molecular flexibility index (Phi) is 6.38. The highest BCUT2D eigenvalue weighted by Gasteiger charge is 2.61. The Bertz CT molecular complexity index is 1040. The lowest BCUT2D eigenvalue weighted by Gasteiger charge is -2.57. The normalized spacial score (nSPS) is 36.9. The Balaban J connectivity index is 1.33. The minimum absolute atomic E-state index is 0.246. The minimum atomic E-state index is -1.02. The van der Waals surface area contributed by atoms with Crippen LogP contribution < -0.4 is 0 Å². The minimum Gasteiger partial charge on any atom is -0.385 e. The van der Waals surface area contributed by atoms with Crippen molar-refractivity contribution >= 4 is 0 Å². The number of aliphatic hydroxyl groups is 1. The van der Waals surface area contributed by atoms with Crippen LogP contribution in [-0.4, -0.2) is 70.1 Å². The lowest BCUT2D eigenvalue weighted by atomic mass is 9.69. The molecule has 0 unspecified atom stereocenters. The first-order valence-electron chi connectivity index (χ1n) is 13.1. The zero-order valence-electron chi connectivity index (χ0n) is 23.2. The van der Waals surface area contributed by atoms with Gasteiger partial charge in [-0.1, -0.05) is 18.1 Å². The third-order valence-corrected chi connectivity index (χ3v) is 7.76. The number of ether oxygens (including phenoxy) is 5. The molecule has 0 saturated carbocycles. The summed E-state index contributed by atoms with van der Waals surface area (Å²) in [5, 5.41) is 13.8. The van der Waals surface area contributed by atoms with Gasteiger partial charge in [0.2, 0.25) is 0 Å². The van der Waals surface area contributed by atoms with Crippen LogP contribution in [0.4, 0.5) is 0 Å². The molecule has 1 aromatic carbocycles. The fourth-order valence-corrected chi connectivity index (χ4v) is 6.86. The number of rotatable bonds is 4. The lowest BCUT2D eigenvalue weighted by Crippen LogP contribution is -2.65. The highest BCUT2D eigenvalue weighted by molar-refractivity contribution is 5.37. The van der Waals surface area contributed by atoms with Crippen LogP contribution >= 0.6 is 0 Å². The van der Waals surface area contributed by atoms with Crippen molar-refractivity contribution in [2.24, 2.45) is 0 Å². The van der Waals surface area contributed by atoms with Gasteiger partial charge in [-0.3, -0.25) is 4.84 Å². The van der Waals surface area contributed by atoms with E-state index in [4.69, 9.17) is 34.9 Å². The van der Waals surface area contributed by atoms with Crippen LogP contribution in [0.2, 0.25) is 0 Å². The highest BCUT2D eigenvalue weighted by Crippen LogP contribution is 2.49. The van der Waals surface area contributed by atoms with Crippen molar-refractivity contribution < 1.29 is 33.6 Å². The second-order valence-electron chi connectivity index (χ2n) is 13.0. The van der Waals surface area contributed by atoms with E-state index in [9.17, 15) is 5.11 Å². The lowest BCUT2D eigenvalue weighted by molar-refractivity contribution is -0.330. The zero-order valence-corrected chi connectivity index (χ0v) is 23.2. The molecular weight excluding hydrogens is 474 g/mol. The van der Waals surface area contributed by atoms with E-state index in [2.05, 4.69) is 33.6 Å². The number of nitrogens with zero attached hydrogens (tertiary/aromatic N) is 1. The summed E-state index contributed by atoms with van der Waals surface area (Å²) in [6.07, 6.45) is 4.43. The first-order chi connectivity index (χ1) is 17.0. The van der Waals surface area contributed by atoms with Crippen LogP contribution in [0.5, 0.6) is 0 Å². The van der Waals surface area contributed by atoms with Gasteiger partial charge in [0.15, 0.2) is 17.9 Å². The van der Waals surface area contributed by atoms with E-state index in [1.807, 2.05) is 57.0 Å². The summed E-state index contributed by atoms with van der Waals surface area (Å²) in [5.41, 5.74) is -0.345. The molecule has 37 heavy (non-hydrogen) atoms. The third-order valence-electron chi connectivity index (χ3n) is 7.76. The number of fused-ring (bicyclic) bond motifs is 3. The summed E-state index contributed by atoms with van der Waals surface area (Å²) in [7, 11) is 0. The average molecular weight is 516 g/mol. The maximum atomic E-state index is 11.8. The summed E-state index contributed by atoms with van der Waals surface area (Å²) < 4.78 is 31.0. The summed E-state index contributed by atoms with van der Waals surface area (Å²) >= 11 is 0. The van der Waals surface area contributed by atoms with Gasteiger partial charge in [0.1, 0.15) is 24.4 Å². The molecule has 4 heterocycles.